The van der Waals surface area contributed by atoms with E-state index in [0.29, 0.717) is 17.0 Å². The van der Waals surface area contributed by atoms with Gasteiger partial charge in [-0.3, -0.25) is 18.6 Å². The van der Waals surface area contributed by atoms with Crippen molar-refractivity contribution in [3.63, 3.8) is 0 Å². The van der Waals surface area contributed by atoms with Crippen LogP contribution in [0.15, 0.2) is 15.8 Å². The van der Waals surface area contributed by atoms with E-state index in [2.05, 4.69) is 5.10 Å². The molecule has 1 fully saturated rings. The summed E-state index contributed by atoms with van der Waals surface area (Å²) >= 11 is 0. The average Bonchev–Trinajstić information content (AvgIpc) is 3.02. The second-order valence-electron chi connectivity index (χ2n) is 4.71. The minimum Gasteiger partial charge on any atom is -0.293 e. The van der Waals surface area contributed by atoms with Crippen LogP contribution in [0.5, 0.6) is 0 Å². The predicted octanol–water partition coefficient (Wildman–Crippen LogP) is -0.156. The van der Waals surface area contributed by atoms with Crippen molar-refractivity contribution in [1.82, 2.24) is 18.9 Å². The van der Waals surface area contributed by atoms with Crippen LogP contribution in [0.2, 0.25) is 0 Å². The first-order chi connectivity index (χ1) is 8.09. The van der Waals surface area contributed by atoms with Gasteiger partial charge in [0.1, 0.15) is 0 Å². The molecule has 0 saturated heterocycles. The van der Waals surface area contributed by atoms with Crippen molar-refractivity contribution in [2.75, 3.05) is 0 Å². The summed E-state index contributed by atoms with van der Waals surface area (Å²) in [5, 5.41) is 4.22. The molecule has 6 heteroatoms. The fraction of sp³-hybridized carbons (Fsp3) is 0.545. The van der Waals surface area contributed by atoms with Crippen LogP contribution in [-0.4, -0.2) is 18.9 Å². The highest BCUT2D eigenvalue weighted by atomic mass is 16.2. The molecule has 2 aromatic rings. The summed E-state index contributed by atoms with van der Waals surface area (Å²) in [6, 6.07) is 0. The van der Waals surface area contributed by atoms with E-state index in [9.17, 15) is 9.59 Å². The first kappa shape index (κ1) is 10.3. The van der Waals surface area contributed by atoms with Crippen molar-refractivity contribution in [2.45, 2.75) is 19.4 Å². The molecule has 6 nitrogen and oxygen atoms in total. The number of hydrogen-bond acceptors (Lipinski definition) is 3. The minimum absolute atomic E-state index is 0.263. The Kier molecular flexibility index (Phi) is 2.01. The topological polar surface area (TPSA) is 61.8 Å². The normalized spacial score (nSPS) is 15.6. The first-order valence-electron chi connectivity index (χ1n) is 5.71. The Balaban J connectivity index is 2.34. The van der Waals surface area contributed by atoms with Crippen molar-refractivity contribution < 1.29 is 0 Å². The largest absolute Gasteiger partial charge is 0.331 e. The number of aromatic nitrogens is 4. The zero-order valence-corrected chi connectivity index (χ0v) is 9.88. The number of hydrogen-bond donors (Lipinski definition) is 0. The lowest BCUT2D eigenvalue weighted by Crippen LogP contribution is -2.37. The summed E-state index contributed by atoms with van der Waals surface area (Å²) in [5.41, 5.74) is 0.565. The minimum atomic E-state index is -0.312. The first-order valence-corrected chi connectivity index (χ1v) is 5.71. The van der Waals surface area contributed by atoms with Crippen LogP contribution in [0.25, 0.3) is 11.0 Å². The zero-order valence-electron chi connectivity index (χ0n) is 9.88. The van der Waals surface area contributed by atoms with E-state index in [1.807, 2.05) is 0 Å². The molecule has 1 saturated carbocycles. The van der Waals surface area contributed by atoms with Gasteiger partial charge >= 0.3 is 5.69 Å². The van der Waals surface area contributed by atoms with Crippen LogP contribution in [0.3, 0.4) is 0 Å². The van der Waals surface area contributed by atoms with Crippen LogP contribution in [0.1, 0.15) is 12.8 Å². The fourth-order valence-electron chi connectivity index (χ4n) is 2.10. The maximum Gasteiger partial charge on any atom is 0.331 e. The molecule has 0 N–H and O–H groups in total. The van der Waals surface area contributed by atoms with E-state index in [1.165, 1.54) is 24.5 Å². The van der Waals surface area contributed by atoms with Crippen molar-refractivity contribution in [2.24, 2.45) is 20.0 Å². The molecule has 0 unspecified atom stereocenters. The van der Waals surface area contributed by atoms with Gasteiger partial charge in [0.2, 0.25) is 0 Å². The Hall–Kier alpha value is -1.85. The molecular formula is C11H14N4O2. The molecule has 0 atom stereocenters. The van der Waals surface area contributed by atoms with Crippen molar-refractivity contribution in [1.29, 1.82) is 0 Å². The van der Waals surface area contributed by atoms with Crippen molar-refractivity contribution in [3.8, 4) is 0 Å². The molecule has 2 aromatic heterocycles. The molecule has 17 heavy (non-hydrogen) atoms. The molecule has 0 bridgehead atoms. The van der Waals surface area contributed by atoms with E-state index in [4.69, 9.17) is 0 Å². The predicted molar refractivity (Wildman–Crippen MR) is 62.9 cm³/mol. The van der Waals surface area contributed by atoms with Gasteiger partial charge in [-0.25, -0.2) is 4.79 Å². The Labute approximate surface area is 97.1 Å². The summed E-state index contributed by atoms with van der Waals surface area (Å²) in [6.07, 6.45) is 4.00. The molecule has 0 aromatic carbocycles. The summed E-state index contributed by atoms with van der Waals surface area (Å²) in [6.45, 7) is 0.775. The zero-order chi connectivity index (χ0) is 12.2. The lowest BCUT2D eigenvalue weighted by molar-refractivity contribution is 0.575. The molecule has 1 aliphatic carbocycles. The third-order valence-corrected chi connectivity index (χ3v) is 3.39. The highest BCUT2D eigenvalue weighted by Gasteiger charge is 2.24. The smallest absolute Gasteiger partial charge is 0.293 e. The molecule has 0 amide bonds. The van der Waals surface area contributed by atoms with E-state index in [1.54, 1.807) is 17.9 Å². The maximum atomic E-state index is 12.1. The molecule has 90 valence electrons. The number of nitrogens with zero attached hydrogens (tertiary/aromatic N) is 4. The van der Waals surface area contributed by atoms with E-state index in [0.717, 1.165) is 11.1 Å². The summed E-state index contributed by atoms with van der Waals surface area (Å²) in [5.74, 6) is 0.639. The average molecular weight is 234 g/mol. The molecule has 3 rings (SSSR count). The van der Waals surface area contributed by atoms with E-state index < -0.39 is 0 Å². The van der Waals surface area contributed by atoms with Gasteiger partial charge in [-0.2, -0.15) is 5.10 Å². The van der Waals surface area contributed by atoms with Gasteiger partial charge in [0.25, 0.3) is 5.56 Å². The second kappa shape index (κ2) is 3.32. The third-order valence-electron chi connectivity index (χ3n) is 3.39. The van der Waals surface area contributed by atoms with Gasteiger partial charge in [0.15, 0.2) is 5.52 Å². The van der Waals surface area contributed by atoms with Gasteiger partial charge in [-0.05, 0) is 18.8 Å². The fourth-order valence-corrected chi connectivity index (χ4v) is 2.10. The van der Waals surface area contributed by atoms with Gasteiger partial charge in [-0.1, -0.05) is 0 Å². The molecule has 0 aliphatic heterocycles. The van der Waals surface area contributed by atoms with Crippen LogP contribution < -0.4 is 11.2 Å². The van der Waals surface area contributed by atoms with Crippen LogP contribution in [0, 0.1) is 5.92 Å². The third kappa shape index (κ3) is 1.44. The lowest BCUT2D eigenvalue weighted by Gasteiger charge is -2.05. The molecule has 0 radical (unpaired) electrons. The Bertz CT molecular complexity index is 703. The monoisotopic (exact) mass is 234 g/mol. The van der Waals surface area contributed by atoms with Crippen LogP contribution in [0.4, 0.5) is 0 Å². The number of aryl methyl sites for hydroxylation is 1. The van der Waals surface area contributed by atoms with E-state index in [-0.39, 0.29) is 11.2 Å². The summed E-state index contributed by atoms with van der Waals surface area (Å²) in [4.78, 5) is 23.8. The lowest BCUT2D eigenvalue weighted by atomic mass is 10.4. The molecule has 0 spiro atoms. The Morgan fingerprint density at radius 3 is 2.65 bits per heavy atom. The second-order valence-corrected chi connectivity index (χ2v) is 4.71. The highest BCUT2D eigenvalue weighted by Crippen LogP contribution is 2.30. The number of rotatable bonds is 2. The maximum absolute atomic E-state index is 12.1. The van der Waals surface area contributed by atoms with Crippen LogP contribution in [-0.2, 0) is 20.6 Å². The van der Waals surface area contributed by atoms with Gasteiger partial charge in [0, 0.05) is 20.6 Å². The molecular weight excluding hydrogens is 220 g/mol. The van der Waals surface area contributed by atoms with Crippen molar-refractivity contribution >= 4 is 11.0 Å². The van der Waals surface area contributed by atoms with Crippen molar-refractivity contribution in [3.05, 3.63) is 27.0 Å². The van der Waals surface area contributed by atoms with Crippen LogP contribution >= 0.6 is 0 Å². The summed E-state index contributed by atoms with van der Waals surface area (Å²) < 4.78 is 4.33. The summed E-state index contributed by atoms with van der Waals surface area (Å²) in [7, 11) is 3.16. The number of fused-ring (bicyclic) bond motifs is 1. The quantitative estimate of drug-likeness (QED) is 0.725. The van der Waals surface area contributed by atoms with Gasteiger partial charge in [-0.15, -0.1) is 0 Å². The molecule has 1 aliphatic rings. The Morgan fingerprint density at radius 2 is 2.00 bits per heavy atom. The SMILES string of the molecule is Cn1c(=O)c2c(cnn2CC2CC2)n(C)c1=O. The molecule has 2 heterocycles. The highest BCUT2D eigenvalue weighted by molar-refractivity contribution is 5.73. The van der Waals surface area contributed by atoms with Gasteiger partial charge in [0.05, 0.1) is 11.7 Å². The van der Waals surface area contributed by atoms with Gasteiger partial charge < -0.3 is 0 Å². The van der Waals surface area contributed by atoms with E-state index >= 15 is 0 Å². The standard InChI is InChI=1S/C11H14N4O2/c1-13-8-5-12-15(6-7-3-4-7)9(8)10(16)14(2)11(13)17/h5,7H,3-4,6H2,1-2H3. The Morgan fingerprint density at radius 1 is 1.29 bits per heavy atom.